The van der Waals surface area contributed by atoms with Crippen LogP contribution in [0.4, 0.5) is 0 Å². The molecule has 39 heavy (non-hydrogen) atoms. The van der Waals surface area contributed by atoms with Crippen LogP contribution in [0.25, 0.3) is 22.3 Å². The summed E-state index contributed by atoms with van der Waals surface area (Å²) < 4.78 is 7.04. The molecule has 1 nitrogen and oxygen atoms in total. The summed E-state index contributed by atoms with van der Waals surface area (Å²) in [4.78, 5) is 0. The minimum atomic E-state index is -1.70. The summed E-state index contributed by atoms with van der Waals surface area (Å²) in [6, 6.07) is 31.1. The highest BCUT2D eigenvalue weighted by atomic mass is 28.4. The number of hydrogen-bond donors (Lipinski definition) is 0. The van der Waals surface area contributed by atoms with Gasteiger partial charge in [0.05, 0.1) is 0 Å². The first-order valence-corrected chi connectivity index (χ1v) is 17.7. The first-order chi connectivity index (χ1) is 19.1. The summed E-state index contributed by atoms with van der Waals surface area (Å²) >= 11 is 0. The quantitative estimate of drug-likeness (QED) is 0.239. The Kier molecular flexibility index (Phi) is 7.12. The maximum atomic E-state index is 7.04. The molecule has 0 radical (unpaired) electrons. The van der Waals surface area contributed by atoms with E-state index in [-0.39, 0.29) is 5.41 Å². The third kappa shape index (κ3) is 4.07. The highest BCUT2D eigenvalue weighted by molar-refractivity contribution is 6.73. The smallest absolute Gasteiger partial charge is 0.191 e. The minimum Gasteiger partial charge on any atom is -0.417 e. The molecule has 0 aliphatic heterocycles. The zero-order valence-corrected chi connectivity index (χ0v) is 25.0. The first-order valence-electron chi connectivity index (χ1n) is 15.1. The van der Waals surface area contributed by atoms with Gasteiger partial charge in [0.2, 0.25) is 0 Å². The molecule has 0 bridgehead atoms. The molecule has 0 N–H and O–H groups in total. The van der Waals surface area contributed by atoms with Crippen molar-refractivity contribution < 1.29 is 4.43 Å². The number of rotatable bonds is 10. The summed E-state index contributed by atoms with van der Waals surface area (Å²) in [5.74, 6) is 0.624. The Morgan fingerprint density at radius 3 is 1.92 bits per heavy atom. The Hall–Kier alpha value is -2.94. The molecule has 0 saturated heterocycles. The second kappa shape index (κ2) is 10.6. The lowest BCUT2D eigenvalue weighted by atomic mass is 9.59. The van der Waals surface area contributed by atoms with Gasteiger partial charge in [0.25, 0.3) is 0 Å². The van der Waals surface area contributed by atoms with Crippen LogP contribution in [0.15, 0.2) is 97.1 Å². The van der Waals surface area contributed by atoms with Crippen molar-refractivity contribution in [1.82, 2.24) is 0 Å². The van der Waals surface area contributed by atoms with Gasteiger partial charge in [-0.2, -0.15) is 0 Å². The van der Waals surface area contributed by atoms with E-state index in [1.165, 1.54) is 56.4 Å². The summed E-state index contributed by atoms with van der Waals surface area (Å²) in [6.07, 6.45) is 11.4. The van der Waals surface area contributed by atoms with E-state index >= 15 is 0 Å². The molecule has 3 aromatic rings. The van der Waals surface area contributed by atoms with Crippen LogP contribution in [0.3, 0.4) is 0 Å². The second-order valence-electron chi connectivity index (χ2n) is 11.6. The highest BCUT2D eigenvalue weighted by Gasteiger charge is 2.49. The molecule has 3 aromatic carbocycles. The fraction of sp³-hybridized carbons (Fsp3) is 0.351. The van der Waals surface area contributed by atoms with E-state index in [2.05, 4.69) is 125 Å². The minimum absolute atomic E-state index is 0.0594. The predicted molar refractivity (Wildman–Crippen MR) is 168 cm³/mol. The molecule has 2 atom stereocenters. The van der Waals surface area contributed by atoms with Crippen LogP contribution in [0.2, 0.25) is 18.1 Å². The van der Waals surface area contributed by atoms with Crippen LogP contribution in [-0.4, -0.2) is 14.9 Å². The van der Waals surface area contributed by atoms with E-state index in [4.69, 9.17) is 4.43 Å². The lowest BCUT2D eigenvalue weighted by Crippen LogP contribution is -2.40. The number of fused-ring (bicyclic) bond motifs is 5. The Morgan fingerprint density at radius 1 is 0.718 bits per heavy atom. The van der Waals surface area contributed by atoms with Crippen LogP contribution in [0, 0.1) is 11.3 Å². The monoisotopic (exact) mass is 530 g/mol. The van der Waals surface area contributed by atoms with Crippen LogP contribution < -0.4 is 10.4 Å². The standard InChI is InChI=1S/C37H42OSi/c1-5-37(25-26-38-39(6-2,7-3)8-4,35-31-21-13-9-17-27(31)28-18-10-14-22-32(28)35)36-33-23-15-11-19-29(33)30-20-12-16-24-34(30)36/h9-24,31,36H,5-8,25-26H2,1-4H3. The topological polar surface area (TPSA) is 9.23 Å². The average Bonchev–Trinajstić information content (AvgIpc) is 3.52. The number of benzene rings is 3. The molecular formula is C37H42OSi. The molecule has 2 heteroatoms. The largest absolute Gasteiger partial charge is 0.417 e. The van der Waals surface area contributed by atoms with Crippen molar-refractivity contribution in [1.29, 1.82) is 0 Å². The van der Waals surface area contributed by atoms with Gasteiger partial charge in [-0.3, -0.25) is 0 Å². The fourth-order valence-corrected chi connectivity index (χ4v) is 10.7. The molecule has 6 rings (SSSR count). The van der Waals surface area contributed by atoms with Gasteiger partial charge in [-0.05, 0) is 74.8 Å². The van der Waals surface area contributed by atoms with Gasteiger partial charge in [0, 0.05) is 23.9 Å². The molecule has 0 fully saturated rings. The lowest BCUT2D eigenvalue weighted by Gasteiger charge is -2.44. The van der Waals surface area contributed by atoms with Crippen LogP contribution in [0.1, 0.15) is 57.6 Å². The molecular weight excluding hydrogens is 488 g/mol. The molecule has 3 aliphatic rings. The van der Waals surface area contributed by atoms with Gasteiger partial charge < -0.3 is 4.43 Å². The number of hydrogen-bond acceptors (Lipinski definition) is 1. The van der Waals surface area contributed by atoms with Crippen molar-refractivity contribution >= 4 is 19.5 Å². The van der Waals surface area contributed by atoms with Gasteiger partial charge in [-0.15, -0.1) is 0 Å². The van der Waals surface area contributed by atoms with E-state index in [0.29, 0.717) is 11.8 Å². The molecule has 0 saturated carbocycles. The molecule has 0 aromatic heterocycles. The van der Waals surface area contributed by atoms with Gasteiger partial charge >= 0.3 is 0 Å². The van der Waals surface area contributed by atoms with Crippen LogP contribution in [-0.2, 0) is 4.43 Å². The summed E-state index contributed by atoms with van der Waals surface area (Å²) in [7, 11) is -1.70. The van der Waals surface area contributed by atoms with E-state index in [9.17, 15) is 0 Å². The van der Waals surface area contributed by atoms with E-state index in [1.54, 1.807) is 5.57 Å². The van der Waals surface area contributed by atoms with Gasteiger partial charge in [-0.1, -0.05) is 125 Å². The van der Waals surface area contributed by atoms with Crippen molar-refractivity contribution in [2.75, 3.05) is 6.61 Å². The average molecular weight is 531 g/mol. The van der Waals surface area contributed by atoms with Crippen molar-refractivity contribution in [3.63, 3.8) is 0 Å². The van der Waals surface area contributed by atoms with Gasteiger partial charge in [0.15, 0.2) is 8.32 Å². The Bertz CT molecular complexity index is 1500. The lowest BCUT2D eigenvalue weighted by molar-refractivity contribution is 0.208. The van der Waals surface area contributed by atoms with Gasteiger partial charge in [-0.25, -0.2) is 0 Å². The van der Waals surface area contributed by atoms with Crippen molar-refractivity contribution in [3.05, 3.63) is 119 Å². The number of allylic oxidation sites excluding steroid dienone is 4. The Balaban J connectivity index is 1.59. The summed E-state index contributed by atoms with van der Waals surface area (Å²) in [5, 5.41) is 2.86. The molecule has 0 spiro atoms. The first kappa shape index (κ1) is 26.3. The molecule has 0 amide bonds. The maximum absolute atomic E-state index is 7.04. The SMILES string of the molecule is CCC(CCO[Si](CC)(CC)CC)(C1=c2ccccc2=C2C=CC=CC21)C1c2ccccc2-c2ccccc21. The van der Waals surface area contributed by atoms with Crippen molar-refractivity contribution in [3.8, 4) is 11.1 Å². The van der Waals surface area contributed by atoms with Crippen molar-refractivity contribution in [2.24, 2.45) is 11.3 Å². The predicted octanol–water partition coefficient (Wildman–Crippen LogP) is 8.36. The summed E-state index contributed by atoms with van der Waals surface area (Å²) in [5.41, 5.74) is 8.79. The molecule has 3 aliphatic carbocycles. The molecule has 2 unspecified atom stereocenters. The third-order valence-electron chi connectivity index (χ3n) is 10.3. The van der Waals surface area contributed by atoms with Crippen LogP contribution >= 0.6 is 0 Å². The van der Waals surface area contributed by atoms with E-state index < -0.39 is 8.32 Å². The Morgan fingerprint density at radius 2 is 1.31 bits per heavy atom. The van der Waals surface area contributed by atoms with Crippen LogP contribution in [0.5, 0.6) is 0 Å². The zero-order valence-electron chi connectivity index (χ0n) is 24.0. The highest BCUT2D eigenvalue weighted by Crippen LogP contribution is 2.61. The van der Waals surface area contributed by atoms with E-state index in [1.807, 2.05) is 0 Å². The fourth-order valence-electron chi connectivity index (χ4n) is 8.03. The third-order valence-corrected chi connectivity index (χ3v) is 15.0. The zero-order chi connectivity index (χ0) is 27.0. The second-order valence-corrected chi connectivity index (χ2v) is 16.4. The summed E-state index contributed by atoms with van der Waals surface area (Å²) in [6.45, 7) is 10.3. The Labute approximate surface area is 235 Å². The maximum Gasteiger partial charge on any atom is 0.191 e. The molecule has 200 valence electrons. The molecule has 0 heterocycles. The van der Waals surface area contributed by atoms with Gasteiger partial charge in [0.1, 0.15) is 0 Å². The van der Waals surface area contributed by atoms with E-state index in [0.717, 1.165) is 19.4 Å². The normalized spacial score (nSPS) is 19.0. The van der Waals surface area contributed by atoms with Crippen molar-refractivity contribution in [2.45, 2.75) is 64.6 Å².